The number of fused-ring (bicyclic) bond motifs is 1. The van der Waals surface area contributed by atoms with Crippen LogP contribution in [0.1, 0.15) is 44.3 Å². The van der Waals surface area contributed by atoms with Gasteiger partial charge in [0.2, 0.25) is 0 Å². The third kappa shape index (κ3) is 4.45. The number of nitrogens with zero attached hydrogens (tertiary/aromatic N) is 1. The Hall–Kier alpha value is -3.60. The lowest BCUT2D eigenvalue weighted by atomic mass is 10.1. The summed E-state index contributed by atoms with van der Waals surface area (Å²) >= 11 is 0. The van der Waals surface area contributed by atoms with E-state index >= 15 is 0 Å². The Kier molecular flexibility index (Phi) is 6.03. The molecular formula is C26H26N2O3. The molecule has 158 valence electrons. The first kappa shape index (κ1) is 20.7. The fourth-order valence-corrected chi connectivity index (χ4v) is 3.95. The van der Waals surface area contributed by atoms with E-state index in [1.807, 2.05) is 24.3 Å². The first-order valence-corrected chi connectivity index (χ1v) is 10.6. The van der Waals surface area contributed by atoms with Gasteiger partial charge >= 0.3 is 5.97 Å². The molecule has 0 radical (unpaired) electrons. The standard InChI is InChI=1S/C26H26N2O3/c1-3-31-26(30)22-8-6-9-23(18(22)2)27-25(29)21-13-11-19(12-14-21)17-28-16-15-20-7-4-5-10-24(20)28/h4-14H,3,15-17H2,1-2H3,(H,27,29). The van der Waals surface area contributed by atoms with Crippen LogP contribution in [-0.2, 0) is 17.7 Å². The Morgan fingerprint density at radius 2 is 1.77 bits per heavy atom. The summed E-state index contributed by atoms with van der Waals surface area (Å²) in [6, 6.07) is 21.4. The Balaban J connectivity index is 1.44. The van der Waals surface area contributed by atoms with Crippen molar-refractivity contribution in [2.45, 2.75) is 26.8 Å². The number of ether oxygens (including phenoxy) is 1. The Morgan fingerprint density at radius 3 is 2.55 bits per heavy atom. The van der Waals surface area contributed by atoms with Crippen molar-refractivity contribution in [2.75, 3.05) is 23.4 Å². The van der Waals surface area contributed by atoms with Gasteiger partial charge in [-0.2, -0.15) is 0 Å². The average Bonchev–Trinajstić information content (AvgIpc) is 3.18. The second kappa shape index (κ2) is 9.04. The molecule has 1 amide bonds. The normalized spacial score (nSPS) is 12.4. The van der Waals surface area contributed by atoms with Crippen LogP contribution in [0.5, 0.6) is 0 Å². The number of nitrogens with one attached hydrogen (secondary N) is 1. The monoisotopic (exact) mass is 414 g/mol. The molecule has 3 aromatic carbocycles. The van der Waals surface area contributed by atoms with Gasteiger partial charge in [-0.15, -0.1) is 0 Å². The largest absolute Gasteiger partial charge is 0.462 e. The molecule has 1 aliphatic rings. The number of rotatable bonds is 6. The highest BCUT2D eigenvalue weighted by atomic mass is 16.5. The van der Waals surface area contributed by atoms with Crippen molar-refractivity contribution in [2.24, 2.45) is 0 Å². The molecule has 0 spiro atoms. The van der Waals surface area contributed by atoms with E-state index in [4.69, 9.17) is 4.74 Å². The van der Waals surface area contributed by atoms with Crippen molar-refractivity contribution in [3.05, 3.63) is 94.5 Å². The highest BCUT2D eigenvalue weighted by Gasteiger charge is 2.19. The van der Waals surface area contributed by atoms with E-state index in [0.717, 1.165) is 25.1 Å². The van der Waals surface area contributed by atoms with Crippen LogP contribution in [0.2, 0.25) is 0 Å². The smallest absolute Gasteiger partial charge is 0.338 e. The van der Waals surface area contributed by atoms with Crippen molar-refractivity contribution in [3.8, 4) is 0 Å². The number of hydrogen-bond acceptors (Lipinski definition) is 4. The van der Waals surface area contributed by atoms with Crippen molar-refractivity contribution in [1.29, 1.82) is 0 Å². The Morgan fingerprint density at radius 1 is 1.00 bits per heavy atom. The van der Waals surface area contributed by atoms with Gasteiger partial charge in [0.1, 0.15) is 0 Å². The summed E-state index contributed by atoms with van der Waals surface area (Å²) in [6.07, 6.45) is 1.07. The van der Waals surface area contributed by atoms with Crippen LogP contribution in [0.25, 0.3) is 0 Å². The van der Waals surface area contributed by atoms with E-state index in [1.54, 1.807) is 32.0 Å². The van der Waals surface area contributed by atoms with Crippen LogP contribution in [-0.4, -0.2) is 25.0 Å². The molecule has 0 atom stereocenters. The summed E-state index contributed by atoms with van der Waals surface area (Å²) in [5, 5.41) is 2.91. The lowest BCUT2D eigenvalue weighted by Crippen LogP contribution is -2.19. The van der Waals surface area contributed by atoms with E-state index in [1.165, 1.54) is 11.3 Å². The minimum atomic E-state index is -0.385. The molecule has 0 saturated carbocycles. The zero-order valence-corrected chi connectivity index (χ0v) is 17.9. The fraction of sp³-hybridized carbons (Fsp3) is 0.231. The number of anilines is 2. The van der Waals surface area contributed by atoms with E-state index in [-0.39, 0.29) is 11.9 Å². The first-order chi connectivity index (χ1) is 15.1. The van der Waals surface area contributed by atoms with Gasteiger partial charge in [-0.25, -0.2) is 4.79 Å². The maximum absolute atomic E-state index is 12.8. The van der Waals surface area contributed by atoms with Gasteiger partial charge in [-0.1, -0.05) is 36.4 Å². The zero-order valence-electron chi connectivity index (χ0n) is 17.9. The summed E-state index contributed by atoms with van der Waals surface area (Å²) in [5.74, 6) is -0.592. The minimum absolute atomic E-state index is 0.206. The highest BCUT2D eigenvalue weighted by molar-refractivity contribution is 6.05. The van der Waals surface area contributed by atoms with E-state index in [9.17, 15) is 9.59 Å². The quantitative estimate of drug-likeness (QED) is 0.578. The molecule has 0 saturated heterocycles. The molecule has 3 aromatic rings. The van der Waals surface area contributed by atoms with Crippen LogP contribution in [0.4, 0.5) is 11.4 Å². The highest BCUT2D eigenvalue weighted by Crippen LogP contribution is 2.29. The van der Waals surface area contributed by atoms with Crippen molar-refractivity contribution < 1.29 is 14.3 Å². The molecule has 1 heterocycles. The van der Waals surface area contributed by atoms with Crippen molar-refractivity contribution >= 4 is 23.3 Å². The third-order valence-corrected chi connectivity index (χ3v) is 5.65. The molecule has 5 heteroatoms. The lowest BCUT2D eigenvalue weighted by Gasteiger charge is -2.19. The number of hydrogen-bond donors (Lipinski definition) is 1. The third-order valence-electron chi connectivity index (χ3n) is 5.65. The Bertz CT molecular complexity index is 1110. The van der Waals surface area contributed by atoms with Crippen molar-refractivity contribution in [1.82, 2.24) is 0 Å². The van der Waals surface area contributed by atoms with Gasteiger partial charge in [-0.05, 0) is 67.3 Å². The summed E-state index contributed by atoms with van der Waals surface area (Å²) in [5.41, 5.74) is 6.17. The van der Waals surface area contributed by atoms with Crippen LogP contribution in [0.15, 0.2) is 66.7 Å². The average molecular weight is 415 g/mol. The topological polar surface area (TPSA) is 58.6 Å². The van der Waals surface area contributed by atoms with Gasteiger partial charge < -0.3 is 15.0 Å². The molecule has 0 bridgehead atoms. The van der Waals surface area contributed by atoms with Crippen LogP contribution < -0.4 is 10.2 Å². The number of para-hydroxylation sites is 1. The number of benzene rings is 3. The molecule has 0 aliphatic carbocycles. The molecule has 1 N–H and O–H groups in total. The minimum Gasteiger partial charge on any atom is -0.462 e. The van der Waals surface area contributed by atoms with Gasteiger partial charge in [0.15, 0.2) is 0 Å². The zero-order chi connectivity index (χ0) is 21.8. The number of carbonyl (C=O) groups excluding carboxylic acids is 2. The number of esters is 1. The van der Waals surface area contributed by atoms with Gasteiger partial charge in [0.05, 0.1) is 12.2 Å². The summed E-state index contributed by atoms with van der Waals surface area (Å²) in [7, 11) is 0. The second-order valence-electron chi connectivity index (χ2n) is 7.65. The van der Waals surface area contributed by atoms with Gasteiger partial charge in [0.25, 0.3) is 5.91 Å². The van der Waals surface area contributed by atoms with E-state index in [0.29, 0.717) is 29.0 Å². The molecule has 4 rings (SSSR count). The van der Waals surface area contributed by atoms with Crippen molar-refractivity contribution in [3.63, 3.8) is 0 Å². The lowest BCUT2D eigenvalue weighted by molar-refractivity contribution is 0.0525. The molecule has 1 aliphatic heterocycles. The van der Waals surface area contributed by atoms with Gasteiger partial charge in [0, 0.05) is 30.0 Å². The molecule has 0 unspecified atom stereocenters. The molecule has 0 aromatic heterocycles. The molecule has 0 fully saturated rings. The number of amides is 1. The summed E-state index contributed by atoms with van der Waals surface area (Å²) < 4.78 is 5.09. The SMILES string of the molecule is CCOC(=O)c1cccc(NC(=O)c2ccc(CN3CCc4ccccc43)cc2)c1C. The maximum Gasteiger partial charge on any atom is 0.338 e. The predicted octanol–water partition coefficient (Wildman–Crippen LogP) is 4.99. The second-order valence-corrected chi connectivity index (χ2v) is 7.65. The maximum atomic E-state index is 12.8. The summed E-state index contributed by atoms with van der Waals surface area (Å²) in [6.45, 7) is 5.71. The van der Waals surface area contributed by atoms with Crippen LogP contribution in [0, 0.1) is 6.92 Å². The van der Waals surface area contributed by atoms with Crippen LogP contribution >= 0.6 is 0 Å². The molecule has 5 nitrogen and oxygen atoms in total. The first-order valence-electron chi connectivity index (χ1n) is 10.6. The van der Waals surface area contributed by atoms with E-state index < -0.39 is 0 Å². The number of carbonyl (C=O) groups is 2. The summed E-state index contributed by atoms with van der Waals surface area (Å²) in [4.78, 5) is 27.2. The molecular weight excluding hydrogens is 388 g/mol. The molecule has 31 heavy (non-hydrogen) atoms. The Labute approximate surface area is 182 Å². The van der Waals surface area contributed by atoms with Gasteiger partial charge in [-0.3, -0.25) is 4.79 Å². The fourth-order valence-electron chi connectivity index (χ4n) is 3.95. The predicted molar refractivity (Wildman–Crippen MR) is 123 cm³/mol. The van der Waals surface area contributed by atoms with E-state index in [2.05, 4.69) is 34.5 Å². The van der Waals surface area contributed by atoms with Crippen LogP contribution in [0.3, 0.4) is 0 Å².